The van der Waals surface area contributed by atoms with Crippen LogP contribution in [0.15, 0.2) is 0 Å². The standard InChI is InChI=1S/C16H30N2O/c1-4-7-14-16(19)18(15(6-3)17-14)13-10-8-12(5-2)9-11-13/h12-15,17H,4-11H2,1-3H3. The molecule has 0 bridgehead atoms. The number of hydrogen-bond acceptors (Lipinski definition) is 2. The van der Waals surface area contributed by atoms with Crippen LogP contribution in [0.4, 0.5) is 0 Å². The van der Waals surface area contributed by atoms with Crippen LogP contribution >= 0.6 is 0 Å². The predicted molar refractivity (Wildman–Crippen MR) is 78.8 cm³/mol. The molecule has 2 unspecified atom stereocenters. The van der Waals surface area contributed by atoms with Gasteiger partial charge in [0.2, 0.25) is 5.91 Å². The zero-order chi connectivity index (χ0) is 13.8. The molecule has 2 aliphatic rings. The van der Waals surface area contributed by atoms with Crippen LogP contribution in [-0.4, -0.2) is 29.1 Å². The lowest BCUT2D eigenvalue weighted by molar-refractivity contribution is -0.133. The Morgan fingerprint density at radius 2 is 1.79 bits per heavy atom. The zero-order valence-corrected chi connectivity index (χ0v) is 12.8. The number of carbonyl (C=O) groups excluding carboxylic acids is 1. The van der Waals surface area contributed by atoms with E-state index in [1.54, 1.807) is 0 Å². The van der Waals surface area contributed by atoms with Crippen LogP contribution in [0.3, 0.4) is 0 Å². The summed E-state index contributed by atoms with van der Waals surface area (Å²) in [4.78, 5) is 14.8. The van der Waals surface area contributed by atoms with Gasteiger partial charge in [0, 0.05) is 6.04 Å². The third kappa shape index (κ3) is 3.13. The minimum atomic E-state index is 0.0823. The monoisotopic (exact) mass is 266 g/mol. The maximum absolute atomic E-state index is 12.6. The number of rotatable bonds is 5. The van der Waals surface area contributed by atoms with E-state index in [1.807, 2.05) is 0 Å². The van der Waals surface area contributed by atoms with Crippen molar-refractivity contribution in [2.24, 2.45) is 5.92 Å². The van der Waals surface area contributed by atoms with E-state index in [1.165, 1.54) is 32.1 Å². The van der Waals surface area contributed by atoms with Crippen molar-refractivity contribution >= 4 is 5.91 Å². The summed E-state index contributed by atoms with van der Waals surface area (Å²) < 4.78 is 0. The molecule has 1 aliphatic carbocycles. The average molecular weight is 266 g/mol. The van der Waals surface area contributed by atoms with Gasteiger partial charge in [0.05, 0.1) is 12.2 Å². The van der Waals surface area contributed by atoms with Crippen LogP contribution in [0.2, 0.25) is 0 Å². The molecule has 1 amide bonds. The van der Waals surface area contributed by atoms with Gasteiger partial charge in [-0.2, -0.15) is 0 Å². The molecule has 19 heavy (non-hydrogen) atoms. The SMILES string of the molecule is CCCC1NC(CC)N(C2CCC(CC)CC2)C1=O. The summed E-state index contributed by atoms with van der Waals surface area (Å²) in [7, 11) is 0. The summed E-state index contributed by atoms with van der Waals surface area (Å²) in [5, 5.41) is 3.54. The van der Waals surface area contributed by atoms with Crippen molar-refractivity contribution in [2.45, 2.75) is 90.4 Å². The van der Waals surface area contributed by atoms with E-state index in [9.17, 15) is 4.79 Å². The molecule has 0 aromatic carbocycles. The number of nitrogens with one attached hydrogen (secondary N) is 1. The molecule has 1 heterocycles. The summed E-state index contributed by atoms with van der Waals surface area (Å²) in [6, 6.07) is 0.577. The topological polar surface area (TPSA) is 32.3 Å². The highest BCUT2D eigenvalue weighted by atomic mass is 16.2. The molecule has 1 aliphatic heterocycles. The molecule has 0 aromatic heterocycles. The summed E-state index contributed by atoms with van der Waals surface area (Å²) in [5.41, 5.74) is 0. The average Bonchev–Trinajstić information content (AvgIpc) is 2.76. The van der Waals surface area contributed by atoms with Gasteiger partial charge in [0.25, 0.3) is 0 Å². The van der Waals surface area contributed by atoms with Gasteiger partial charge in [0.1, 0.15) is 0 Å². The summed E-state index contributed by atoms with van der Waals surface area (Å²) in [6.45, 7) is 6.63. The Balaban J connectivity index is 1.99. The second-order valence-electron chi connectivity index (χ2n) is 6.26. The third-order valence-corrected chi connectivity index (χ3v) is 5.03. The van der Waals surface area contributed by atoms with Gasteiger partial charge in [0.15, 0.2) is 0 Å². The van der Waals surface area contributed by atoms with E-state index in [4.69, 9.17) is 0 Å². The van der Waals surface area contributed by atoms with Gasteiger partial charge in [-0.15, -0.1) is 0 Å². The highest BCUT2D eigenvalue weighted by Gasteiger charge is 2.41. The first-order valence-electron chi connectivity index (χ1n) is 8.29. The third-order valence-electron chi connectivity index (χ3n) is 5.03. The van der Waals surface area contributed by atoms with Crippen LogP contribution in [0.5, 0.6) is 0 Å². The molecular weight excluding hydrogens is 236 g/mol. The molecule has 110 valence electrons. The predicted octanol–water partition coefficient (Wildman–Crippen LogP) is 3.29. The molecule has 1 saturated heterocycles. The Bertz CT molecular complexity index is 297. The van der Waals surface area contributed by atoms with Crippen LogP contribution in [0.25, 0.3) is 0 Å². The van der Waals surface area contributed by atoms with E-state index in [-0.39, 0.29) is 12.2 Å². The molecule has 2 rings (SSSR count). The molecule has 0 radical (unpaired) electrons. The lowest BCUT2D eigenvalue weighted by Gasteiger charge is -2.37. The van der Waals surface area contributed by atoms with Crippen molar-refractivity contribution in [3.63, 3.8) is 0 Å². The summed E-state index contributed by atoms with van der Waals surface area (Å²) in [6.07, 6.45) is 9.70. The second-order valence-corrected chi connectivity index (χ2v) is 6.26. The molecule has 2 fully saturated rings. The summed E-state index contributed by atoms with van der Waals surface area (Å²) >= 11 is 0. The number of hydrogen-bond donors (Lipinski definition) is 1. The molecule has 1 N–H and O–H groups in total. The quantitative estimate of drug-likeness (QED) is 0.828. The first kappa shape index (κ1) is 14.8. The van der Waals surface area contributed by atoms with Crippen molar-refractivity contribution in [3.05, 3.63) is 0 Å². The van der Waals surface area contributed by atoms with Crippen molar-refractivity contribution in [3.8, 4) is 0 Å². The van der Waals surface area contributed by atoms with E-state index >= 15 is 0 Å². The maximum atomic E-state index is 12.6. The van der Waals surface area contributed by atoms with E-state index in [0.717, 1.165) is 25.2 Å². The van der Waals surface area contributed by atoms with Gasteiger partial charge in [-0.05, 0) is 44.4 Å². The van der Waals surface area contributed by atoms with Gasteiger partial charge in [-0.3, -0.25) is 10.1 Å². The van der Waals surface area contributed by atoms with Crippen molar-refractivity contribution in [1.82, 2.24) is 10.2 Å². The molecular formula is C16H30N2O. The van der Waals surface area contributed by atoms with Crippen LogP contribution in [0.1, 0.15) is 72.1 Å². The van der Waals surface area contributed by atoms with E-state index in [0.29, 0.717) is 11.9 Å². The normalized spacial score (nSPS) is 35.9. The van der Waals surface area contributed by atoms with Crippen molar-refractivity contribution in [1.29, 1.82) is 0 Å². The minimum absolute atomic E-state index is 0.0823. The Kier molecular flexibility index (Phi) is 5.26. The fourth-order valence-corrected chi connectivity index (χ4v) is 3.79. The van der Waals surface area contributed by atoms with E-state index in [2.05, 4.69) is 31.0 Å². The minimum Gasteiger partial charge on any atom is -0.323 e. The van der Waals surface area contributed by atoms with Crippen LogP contribution in [0, 0.1) is 5.92 Å². The Hall–Kier alpha value is -0.570. The Labute approximate surface area is 118 Å². The highest BCUT2D eigenvalue weighted by molar-refractivity contribution is 5.84. The van der Waals surface area contributed by atoms with Gasteiger partial charge in [-0.25, -0.2) is 0 Å². The lowest BCUT2D eigenvalue weighted by Crippen LogP contribution is -2.45. The summed E-state index contributed by atoms with van der Waals surface area (Å²) in [5.74, 6) is 1.27. The maximum Gasteiger partial charge on any atom is 0.241 e. The number of amides is 1. The number of nitrogens with zero attached hydrogens (tertiary/aromatic N) is 1. The second kappa shape index (κ2) is 6.74. The first-order chi connectivity index (χ1) is 9.21. The van der Waals surface area contributed by atoms with Gasteiger partial charge in [-0.1, -0.05) is 33.6 Å². The molecule has 2 atom stereocenters. The Morgan fingerprint density at radius 3 is 2.32 bits per heavy atom. The number of carbonyl (C=O) groups is 1. The van der Waals surface area contributed by atoms with E-state index < -0.39 is 0 Å². The van der Waals surface area contributed by atoms with Gasteiger partial charge >= 0.3 is 0 Å². The fraction of sp³-hybridized carbons (Fsp3) is 0.938. The smallest absolute Gasteiger partial charge is 0.241 e. The fourth-order valence-electron chi connectivity index (χ4n) is 3.79. The molecule has 0 aromatic rings. The zero-order valence-electron chi connectivity index (χ0n) is 12.8. The largest absolute Gasteiger partial charge is 0.323 e. The van der Waals surface area contributed by atoms with Crippen LogP contribution < -0.4 is 5.32 Å². The molecule has 0 spiro atoms. The first-order valence-corrected chi connectivity index (χ1v) is 8.29. The molecule has 3 heteroatoms. The Morgan fingerprint density at radius 1 is 1.11 bits per heavy atom. The van der Waals surface area contributed by atoms with Crippen molar-refractivity contribution in [2.75, 3.05) is 0 Å². The van der Waals surface area contributed by atoms with Crippen molar-refractivity contribution < 1.29 is 4.79 Å². The lowest BCUT2D eigenvalue weighted by atomic mass is 9.83. The highest BCUT2D eigenvalue weighted by Crippen LogP contribution is 2.32. The molecule has 3 nitrogen and oxygen atoms in total. The van der Waals surface area contributed by atoms with Crippen LogP contribution in [-0.2, 0) is 4.79 Å². The molecule has 1 saturated carbocycles. The van der Waals surface area contributed by atoms with Gasteiger partial charge < -0.3 is 4.90 Å².